The molecule has 2 aromatic rings. The first-order valence-electron chi connectivity index (χ1n) is 7.51. The van der Waals surface area contributed by atoms with E-state index >= 15 is 0 Å². The van der Waals surface area contributed by atoms with Gasteiger partial charge in [0.1, 0.15) is 5.75 Å². The highest BCUT2D eigenvalue weighted by Crippen LogP contribution is 2.48. The van der Waals surface area contributed by atoms with Gasteiger partial charge in [-0.3, -0.25) is 0 Å². The minimum atomic E-state index is -1.11. The van der Waals surface area contributed by atoms with Crippen LogP contribution in [-0.2, 0) is 21.7 Å². The van der Waals surface area contributed by atoms with E-state index in [0.717, 1.165) is 16.9 Å². The first kappa shape index (κ1) is 15.6. The highest BCUT2D eigenvalue weighted by molar-refractivity contribution is 5.43. The highest BCUT2D eigenvalue weighted by atomic mass is 16.7. The second-order valence-corrected chi connectivity index (χ2v) is 5.52. The van der Waals surface area contributed by atoms with Crippen molar-refractivity contribution in [2.75, 3.05) is 14.2 Å². The average molecular weight is 308 g/mol. The Kier molecular flexibility index (Phi) is 4.10. The summed E-state index contributed by atoms with van der Waals surface area (Å²) in [6.07, 6.45) is 2.39. The van der Waals surface area contributed by atoms with Crippen LogP contribution in [0.4, 0.5) is 0 Å². The minimum absolute atomic E-state index is 0.602. The van der Waals surface area contributed by atoms with Crippen LogP contribution in [0.25, 0.3) is 0 Å². The summed E-state index contributed by atoms with van der Waals surface area (Å²) >= 11 is 0. The van der Waals surface area contributed by atoms with Crippen molar-refractivity contribution in [2.24, 2.45) is 0 Å². The highest BCUT2D eigenvalue weighted by Gasteiger charge is 2.58. The van der Waals surface area contributed by atoms with Crippen LogP contribution < -0.4 is 4.74 Å². The summed E-state index contributed by atoms with van der Waals surface area (Å²) in [5.41, 5.74) is 3.94. The van der Waals surface area contributed by atoms with Crippen molar-refractivity contribution >= 4 is 0 Å². The zero-order chi connectivity index (χ0) is 16.3. The zero-order valence-corrected chi connectivity index (χ0v) is 13.4. The summed E-state index contributed by atoms with van der Waals surface area (Å²) in [4.78, 5) is 0. The van der Waals surface area contributed by atoms with Crippen molar-refractivity contribution in [1.29, 1.82) is 0 Å². The van der Waals surface area contributed by atoms with Crippen molar-refractivity contribution in [3.05, 3.63) is 84.1 Å². The Morgan fingerprint density at radius 2 is 1.74 bits per heavy atom. The fourth-order valence-electron chi connectivity index (χ4n) is 3.26. The SMILES string of the molecule is C=C=CC1(OC)Cc2ccccc2OC1(OC)c1ccccc1. The lowest BCUT2D eigenvalue weighted by atomic mass is 9.79. The third-order valence-electron chi connectivity index (χ3n) is 4.38. The Balaban J connectivity index is 2.27. The van der Waals surface area contributed by atoms with Crippen LogP contribution in [0.3, 0.4) is 0 Å². The van der Waals surface area contributed by atoms with Gasteiger partial charge in [-0.1, -0.05) is 55.1 Å². The summed E-state index contributed by atoms with van der Waals surface area (Å²) in [7, 11) is 3.29. The van der Waals surface area contributed by atoms with Crippen molar-refractivity contribution in [3.8, 4) is 5.75 Å². The molecular formula is C20H20O3. The number of rotatable bonds is 4. The second kappa shape index (κ2) is 6.05. The summed E-state index contributed by atoms with van der Waals surface area (Å²) in [6.45, 7) is 3.73. The van der Waals surface area contributed by atoms with Gasteiger partial charge in [-0.05, 0) is 17.7 Å². The number of hydrogen-bond acceptors (Lipinski definition) is 3. The molecule has 0 saturated carbocycles. The largest absolute Gasteiger partial charge is 0.454 e. The Hall–Kier alpha value is -2.32. The molecule has 1 heterocycles. The summed E-state index contributed by atoms with van der Waals surface area (Å²) in [5, 5.41) is 0. The molecule has 0 fully saturated rings. The maximum Gasteiger partial charge on any atom is 0.270 e. The predicted octanol–water partition coefficient (Wildman–Crippen LogP) is 3.85. The molecule has 0 N–H and O–H groups in total. The van der Waals surface area contributed by atoms with Crippen molar-refractivity contribution in [1.82, 2.24) is 0 Å². The van der Waals surface area contributed by atoms with Crippen LogP contribution in [0.15, 0.2) is 73.0 Å². The van der Waals surface area contributed by atoms with Gasteiger partial charge in [0.15, 0.2) is 5.60 Å². The molecular weight excluding hydrogens is 288 g/mol. The lowest BCUT2D eigenvalue weighted by Crippen LogP contribution is -2.60. The molecule has 0 aromatic heterocycles. The summed E-state index contributed by atoms with van der Waals surface area (Å²) in [5.74, 6) is -0.314. The normalized spacial score (nSPS) is 25.8. The molecule has 1 aliphatic rings. The van der Waals surface area contributed by atoms with Gasteiger partial charge in [-0.2, -0.15) is 0 Å². The van der Waals surface area contributed by atoms with E-state index in [9.17, 15) is 0 Å². The van der Waals surface area contributed by atoms with Gasteiger partial charge >= 0.3 is 0 Å². The van der Waals surface area contributed by atoms with E-state index in [1.54, 1.807) is 20.3 Å². The third kappa shape index (κ3) is 2.30. The summed E-state index contributed by atoms with van der Waals surface area (Å²) < 4.78 is 18.2. The van der Waals surface area contributed by atoms with Crippen LogP contribution in [0, 0.1) is 0 Å². The first-order valence-corrected chi connectivity index (χ1v) is 7.51. The molecule has 118 valence electrons. The maximum absolute atomic E-state index is 6.37. The van der Waals surface area contributed by atoms with E-state index in [1.807, 2.05) is 54.6 Å². The minimum Gasteiger partial charge on any atom is -0.454 e. The average Bonchev–Trinajstić information content (AvgIpc) is 2.62. The van der Waals surface area contributed by atoms with Crippen LogP contribution in [0.1, 0.15) is 11.1 Å². The molecule has 2 atom stereocenters. The van der Waals surface area contributed by atoms with E-state index in [2.05, 4.69) is 12.3 Å². The Labute approximate surface area is 136 Å². The van der Waals surface area contributed by atoms with Crippen molar-refractivity contribution < 1.29 is 14.2 Å². The van der Waals surface area contributed by atoms with E-state index in [4.69, 9.17) is 14.2 Å². The molecule has 3 rings (SSSR count). The number of hydrogen-bond donors (Lipinski definition) is 0. The fourth-order valence-corrected chi connectivity index (χ4v) is 3.26. The molecule has 23 heavy (non-hydrogen) atoms. The molecule has 0 aliphatic carbocycles. The number of benzene rings is 2. The molecule has 2 aromatic carbocycles. The van der Waals surface area contributed by atoms with Gasteiger partial charge in [0, 0.05) is 26.2 Å². The molecule has 0 amide bonds. The fraction of sp³-hybridized carbons (Fsp3) is 0.250. The number of ether oxygens (including phenoxy) is 3. The van der Waals surface area contributed by atoms with Crippen molar-refractivity contribution in [3.63, 3.8) is 0 Å². The number of fused-ring (bicyclic) bond motifs is 1. The van der Waals surface area contributed by atoms with Gasteiger partial charge in [0.05, 0.1) is 0 Å². The maximum atomic E-state index is 6.37. The predicted molar refractivity (Wildman–Crippen MR) is 89.4 cm³/mol. The standard InChI is InChI=1S/C20H20O3/c1-4-14-19(21-2)15-16-10-8-9-13-18(16)23-20(19,22-3)17-11-6-5-7-12-17/h5-14H,1,15H2,2-3H3. The van der Waals surface area contributed by atoms with E-state index in [1.165, 1.54) is 0 Å². The van der Waals surface area contributed by atoms with Gasteiger partial charge in [-0.15, -0.1) is 5.73 Å². The Bertz CT molecular complexity index is 734. The van der Waals surface area contributed by atoms with Crippen molar-refractivity contribution in [2.45, 2.75) is 17.8 Å². The molecule has 3 nitrogen and oxygen atoms in total. The molecule has 0 saturated heterocycles. The van der Waals surface area contributed by atoms with Crippen LogP contribution in [0.2, 0.25) is 0 Å². The molecule has 3 heteroatoms. The van der Waals surface area contributed by atoms with Crippen LogP contribution in [0.5, 0.6) is 5.75 Å². The molecule has 0 spiro atoms. The number of methoxy groups -OCH3 is 2. The molecule has 0 radical (unpaired) electrons. The molecule has 2 unspecified atom stereocenters. The second-order valence-electron chi connectivity index (χ2n) is 5.52. The Morgan fingerprint density at radius 1 is 1.04 bits per heavy atom. The quantitative estimate of drug-likeness (QED) is 0.803. The van der Waals surface area contributed by atoms with Gasteiger partial charge < -0.3 is 14.2 Å². The van der Waals surface area contributed by atoms with Gasteiger partial charge in [0.2, 0.25) is 0 Å². The molecule has 1 aliphatic heterocycles. The third-order valence-corrected chi connectivity index (χ3v) is 4.38. The van der Waals surface area contributed by atoms with Gasteiger partial charge in [-0.25, -0.2) is 0 Å². The Morgan fingerprint density at radius 3 is 2.39 bits per heavy atom. The number of para-hydroxylation sites is 1. The summed E-state index contributed by atoms with van der Waals surface area (Å²) in [6, 6.07) is 17.7. The lowest BCUT2D eigenvalue weighted by molar-refractivity contribution is -0.280. The van der Waals surface area contributed by atoms with Crippen LogP contribution >= 0.6 is 0 Å². The topological polar surface area (TPSA) is 27.7 Å². The van der Waals surface area contributed by atoms with Crippen LogP contribution in [-0.4, -0.2) is 19.8 Å². The monoisotopic (exact) mass is 308 g/mol. The van der Waals surface area contributed by atoms with E-state index in [0.29, 0.717) is 6.42 Å². The zero-order valence-electron chi connectivity index (χ0n) is 13.4. The van der Waals surface area contributed by atoms with E-state index in [-0.39, 0.29) is 0 Å². The first-order chi connectivity index (χ1) is 11.2. The lowest BCUT2D eigenvalue weighted by Gasteiger charge is -2.49. The van der Waals surface area contributed by atoms with E-state index < -0.39 is 11.4 Å². The smallest absolute Gasteiger partial charge is 0.270 e. The van der Waals surface area contributed by atoms with Gasteiger partial charge in [0.25, 0.3) is 5.79 Å². The molecule has 0 bridgehead atoms.